The molecule has 0 unspecified atom stereocenters. The number of likely N-dealkylation sites (tertiary alicyclic amines) is 1. The molecular weight excluding hydrogens is 334 g/mol. The maximum atomic E-state index is 12.8. The fraction of sp³-hybridized carbons (Fsp3) is 0.500. The molecule has 0 N–H and O–H groups in total. The lowest BCUT2D eigenvalue weighted by Gasteiger charge is -2.31. The molecule has 1 aromatic heterocycles. The van der Waals surface area contributed by atoms with Gasteiger partial charge in [0.05, 0.1) is 5.69 Å². The highest BCUT2D eigenvalue weighted by Crippen LogP contribution is 2.23. The van der Waals surface area contributed by atoms with E-state index in [2.05, 4.69) is 30.0 Å². The monoisotopic (exact) mass is 359 g/mol. The third-order valence-electron chi connectivity index (χ3n) is 4.90. The zero-order valence-corrected chi connectivity index (χ0v) is 15.8. The summed E-state index contributed by atoms with van der Waals surface area (Å²) >= 11 is 5.93. The van der Waals surface area contributed by atoms with Gasteiger partial charge in [0.2, 0.25) is 0 Å². The van der Waals surface area contributed by atoms with Gasteiger partial charge in [0, 0.05) is 47.9 Å². The molecule has 1 aliphatic rings. The molecule has 1 saturated heterocycles. The van der Waals surface area contributed by atoms with E-state index in [1.807, 2.05) is 16.8 Å². The lowest BCUT2D eigenvalue weighted by atomic mass is 9.90. The van der Waals surface area contributed by atoms with Crippen molar-refractivity contribution in [1.29, 1.82) is 0 Å². The molecule has 0 spiro atoms. The summed E-state index contributed by atoms with van der Waals surface area (Å²) in [4.78, 5) is 15.2. The number of ketones is 1. The minimum Gasteiger partial charge on any atom is -0.298 e. The number of aromatic nitrogens is 2. The van der Waals surface area contributed by atoms with Gasteiger partial charge >= 0.3 is 0 Å². The van der Waals surface area contributed by atoms with Crippen LogP contribution in [0.2, 0.25) is 5.02 Å². The lowest BCUT2D eigenvalue weighted by molar-refractivity contribution is 0.0811. The first kappa shape index (κ1) is 18.2. The predicted octanol–water partition coefficient (Wildman–Crippen LogP) is 4.35. The van der Waals surface area contributed by atoms with Gasteiger partial charge in [-0.1, -0.05) is 18.5 Å². The van der Waals surface area contributed by atoms with Gasteiger partial charge in [0.1, 0.15) is 0 Å². The number of nitrogens with zero attached hydrogens (tertiary/aromatic N) is 3. The number of piperidine rings is 1. The van der Waals surface area contributed by atoms with E-state index in [1.165, 1.54) is 5.56 Å². The van der Waals surface area contributed by atoms with Crippen molar-refractivity contribution in [3.8, 4) is 0 Å². The molecular formula is C20H26ClN3O. The number of hydrogen-bond donors (Lipinski definition) is 0. The van der Waals surface area contributed by atoms with Crippen LogP contribution >= 0.6 is 11.6 Å². The average molecular weight is 360 g/mol. The standard InChI is InChI=1S/C20H26ClN3O/c1-3-10-24-14-18(15(2)22-24)13-23-11-4-5-17(12-23)20(25)16-6-8-19(21)9-7-16/h6-9,14,17H,3-5,10-13H2,1-2H3/t17-/m0/s1. The number of hydrogen-bond acceptors (Lipinski definition) is 3. The SMILES string of the molecule is CCCn1cc(CN2CCC[C@H](C(=O)c3ccc(Cl)cc3)C2)c(C)n1. The van der Waals surface area contributed by atoms with E-state index in [0.717, 1.165) is 56.7 Å². The molecule has 2 heterocycles. The number of rotatable bonds is 6. The van der Waals surface area contributed by atoms with Gasteiger partial charge in [-0.3, -0.25) is 14.4 Å². The molecule has 4 nitrogen and oxygen atoms in total. The van der Waals surface area contributed by atoms with Crippen LogP contribution in [0.5, 0.6) is 0 Å². The second kappa shape index (κ2) is 8.15. The lowest BCUT2D eigenvalue weighted by Crippen LogP contribution is -2.38. The molecule has 5 heteroatoms. The van der Waals surface area contributed by atoms with E-state index < -0.39 is 0 Å². The van der Waals surface area contributed by atoms with Crippen molar-refractivity contribution in [1.82, 2.24) is 14.7 Å². The summed E-state index contributed by atoms with van der Waals surface area (Å²) in [6.45, 7) is 7.93. The molecule has 1 atom stereocenters. The summed E-state index contributed by atoms with van der Waals surface area (Å²) in [7, 11) is 0. The van der Waals surface area contributed by atoms with Gasteiger partial charge in [-0.2, -0.15) is 5.10 Å². The molecule has 1 fully saturated rings. The van der Waals surface area contributed by atoms with Crippen LogP contribution < -0.4 is 0 Å². The van der Waals surface area contributed by atoms with Crippen molar-refractivity contribution in [2.75, 3.05) is 13.1 Å². The first-order chi connectivity index (χ1) is 12.1. The maximum absolute atomic E-state index is 12.8. The highest BCUT2D eigenvalue weighted by molar-refractivity contribution is 6.30. The number of benzene rings is 1. The second-order valence-corrected chi connectivity index (χ2v) is 7.38. The van der Waals surface area contributed by atoms with Gasteiger partial charge in [-0.25, -0.2) is 0 Å². The van der Waals surface area contributed by atoms with E-state index in [9.17, 15) is 4.79 Å². The van der Waals surface area contributed by atoms with Crippen molar-refractivity contribution >= 4 is 17.4 Å². The molecule has 0 aliphatic carbocycles. The van der Waals surface area contributed by atoms with E-state index >= 15 is 0 Å². The molecule has 2 aromatic rings. The first-order valence-electron chi connectivity index (χ1n) is 9.12. The van der Waals surface area contributed by atoms with E-state index in [1.54, 1.807) is 12.1 Å². The van der Waals surface area contributed by atoms with E-state index in [0.29, 0.717) is 5.02 Å². The van der Waals surface area contributed by atoms with Crippen LogP contribution in [0.1, 0.15) is 47.8 Å². The summed E-state index contributed by atoms with van der Waals surface area (Å²) in [5.74, 6) is 0.306. The maximum Gasteiger partial charge on any atom is 0.167 e. The Balaban J connectivity index is 1.64. The molecule has 0 saturated carbocycles. The van der Waals surface area contributed by atoms with Crippen molar-refractivity contribution in [3.05, 3.63) is 52.3 Å². The molecule has 0 radical (unpaired) electrons. The zero-order valence-electron chi connectivity index (χ0n) is 15.0. The Bertz CT molecular complexity index is 723. The molecule has 3 rings (SSSR count). The third kappa shape index (κ3) is 4.50. The van der Waals surface area contributed by atoms with Crippen LogP contribution in [-0.4, -0.2) is 33.6 Å². The number of carbonyl (C=O) groups excluding carboxylic acids is 1. The van der Waals surface area contributed by atoms with Crippen LogP contribution in [0.3, 0.4) is 0 Å². The number of halogens is 1. The van der Waals surface area contributed by atoms with Crippen molar-refractivity contribution in [3.63, 3.8) is 0 Å². The van der Waals surface area contributed by atoms with Crippen molar-refractivity contribution in [2.45, 2.75) is 46.2 Å². The number of aryl methyl sites for hydroxylation is 2. The molecule has 0 bridgehead atoms. The topological polar surface area (TPSA) is 38.1 Å². The second-order valence-electron chi connectivity index (χ2n) is 6.95. The summed E-state index contributed by atoms with van der Waals surface area (Å²) < 4.78 is 2.03. The Morgan fingerprint density at radius 2 is 2.08 bits per heavy atom. The fourth-order valence-corrected chi connectivity index (χ4v) is 3.69. The van der Waals surface area contributed by atoms with Crippen LogP contribution in [-0.2, 0) is 13.1 Å². The predicted molar refractivity (Wildman–Crippen MR) is 101 cm³/mol. The summed E-state index contributed by atoms with van der Waals surface area (Å²) in [5.41, 5.74) is 3.14. The van der Waals surface area contributed by atoms with Gasteiger partial charge in [-0.15, -0.1) is 0 Å². The molecule has 1 aromatic carbocycles. The Morgan fingerprint density at radius 3 is 2.80 bits per heavy atom. The van der Waals surface area contributed by atoms with Crippen LogP contribution in [0.4, 0.5) is 0 Å². The number of carbonyl (C=O) groups is 1. The minimum absolute atomic E-state index is 0.0703. The van der Waals surface area contributed by atoms with Crippen molar-refractivity contribution in [2.24, 2.45) is 5.92 Å². The highest BCUT2D eigenvalue weighted by atomic mass is 35.5. The minimum atomic E-state index is 0.0703. The van der Waals surface area contributed by atoms with E-state index in [4.69, 9.17) is 11.6 Å². The normalized spacial score (nSPS) is 18.4. The van der Waals surface area contributed by atoms with Gasteiger partial charge in [0.15, 0.2) is 5.78 Å². The average Bonchev–Trinajstić information content (AvgIpc) is 2.95. The zero-order chi connectivity index (χ0) is 17.8. The smallest absolute Gasteiger partial charge is 0.167 e. The molecule has 0 amide bonds. The molecule has 1 aliphatic heterocycles. The fourth-order valence-electron chi connectivity index (χ4n) is 3.56. The first-order valence-corrected chi connectivity index (χ1v) is 9.49. The third-order valence-corrected chi connectivity index (χ3v) is 5.15. The highest BCUT2D eigenvalue weighted by Gasteiger charge is 2.27. The number of Topliss-reactive ketones (excluding diaryl/α,β-unsaturated/α-hetero) is 1. The Kier molecular flexibility index (Phi) is 5.92. The summed E-state index contributed by atoms with van der Waals surface area (Å²) in [6.07, 6.45) is 5.27. The molecule has 134 valence electrons. The quantitative estimate of drug-likeness (QED) is 0.719. The Morgan fingerprint density at radius 1 is 1.32 bits per heavy atom. The Labute approximate surface area is 154 Å². The van der Waals surface area contributed by atoms with Gasteiger partial charge in [-0.05, 0) is 57.0 Å². The van der Waals surface area contributed by atoms with Crippen LogP contribution in [0.25, 0.3) is 0 Å². The van der Waals surface area contributed by atoms with Gasteiger partial charge in [0.25, 0.3) is 0 Å². The van der Waals surface area contributed by atoms with Gasteiger partial charge < -0.3 is 0 Å². The summed E-state index contributed by atoms with van der Waals surface area (Å²) in [5, 5.41) is 5.25. The van der Waals surface area contributed by atoms with Crippen LogP contribution in [0, 0.1) is 12.8 Å². The molecule has 25 heavy (non-hydrogen) atoms. The largest absolute Gasteiger partial charge is 0.298 e. The van der Waals surface area contributed by atoms with Crippen LogP contribution in [0.15, 0.2) is 30.5 Å². The summed E-state index contributed by atoms with van der Waals surface area (Å²) in [6, 6.07) is 7.26. The van der Waals surface area contributed by atoms with Crippen molar-refractivity contribution < 1.29 is 4.79 Å². The van der Waals surface area contributed by atoms with E-state index in [-0.39, 0.29) is 11.7 Å². The Hall–Kier alpha value is -1.65.